The van der Waals surface area contributed by atoms with Crippen LogP contribution in [0.4, 0.5) is 0 Å². The minimum Gasteiger partial charge on any atom is -0.387 e. The third-order valence-corrected chi connectivity index (χ3v) is 1.12. The van der Waals surface area contributed by atoms with Crippen LogP contribution in [0, 0.1) is 0 Å². The highest BCUT2D eigenvalue weighted by atomic mass is 16.1. The number of rotatable bonds is 4. The second kappa shape index (κ2) is 4.91. The van der Waals surface area contributed by atoms with Crippen molar-refractivity contribution >= 4 is 5.78 Å². The molecule has 1 unspecified atom stereocenters. The zero-order chi connectivity index (χ0) is 8.85. The Hall–Kier alpha value is -0.830. The molecule has 0 amide bonds. The summed E-state index contributed by atoms with van der Waals surface area (Å²) in [4.78, 5) is 10.6. The Balaban J connectivity index is 3.68. The van der Waals surface area contributed by atoms with Crippen LogP contribution in [0.25, 0.3) is 0 Å². The van der Waals surface area contributed by atoms with Crippen LogP contribution in [0.5, 0.6) is 0 Å². The van der Waals surface area contributed by atoms with E-state index >= 15 is 0 Å². The summed E-state index contributed by atoms with van der Waals surface area (Å²) in [6.07, 6.45) is 1.56. The van der Waals surface area contributed by atoms with Crippen LogP contribution in [0.3, 0.4) is 0 Å². The Labute approximate surface area is 67.7 Å². The number of nitrogens with one attached hydrogen (secondary N) is 1. The van der Waals surface area contributed by atoms with Gasteiger partial charge in [-0.1, -0.05) is 0 Å². The number of nitrogens with two attached hydrogens (primary N) is 1. The van der Waals surface area contributed by atoms with Gasteiger partial charge >= 0.3 is 0 Å². The molecule has 0 aliphatic carbocycles. The summed E-state index contributed by atoms with van der Waals surface area (Å²) in [5, 5.41) is 3.03. The molecule has 3 heteroatoms. The molecule has 0 aromatic carbocycles. The number of carbonyl (C=O) groups excluding carboxylic acids is 1. The topological polar surface area (TPSA) is 55.1 Å². The molecule has 0 saturated heterocycles. The molecule has 0 fully saturated rings. The quantitative estimate of drug-likeness (QED) is 0.580. The molecular formula is C8H16N2O. The number of carbonyl (C=O) groups is 1. The Morgan fingerprint density at radius 3 is 2.55 bits per heavy atom. The van der Waals surface area contributed by atoms with Gasteiger partial charge in [0.2, 0.25) is 0 Å². The standard InChI is InChI=1S/C8H16N2O/c1-6(9)5-10-7(2)4-8(3)11/h4,6,10H,5,9H2,1-3H3. The maximum Gasteiger partial charge on any atom is 0.154 e. The van der Waals surface area contributed by atoms with E-state index in [-0.39, 0.29) is 11.8 Å². The van der Waals surface area contributed by atoms with Crippen LogP contribution >= 0.6 is 0 Å². The highest BCUT2D eigenvalue weighted by Crippen LogP contribution is 1.86. The summed E-state index contributed by atoms with van der Waals surface area (Å²) in [5.74, 6) is 0.0553. The molecule has 0 rings (SSSR count). The lowest BCUT2D eigenvalue weighted by Gasteiger charge is -2.07. The number of hydrogen-bond donors (Lipinski definition) is 2. The lowest BCUT2D eigenvalue weighted by atomic mass is 10.3. The van der Waals surface area contributed by atoms with Crippen LogP contribution in [-0.2, 0) is 4.79 Å². The van der Waals surface area contributed by atoms with E-state index < -0.39 is 0 Å². The molecule has 0 radical (unpaired) electrons. The molecule has 11 heavy (non-hydrogen) atoms. The third kappa shape index (κ3) is 7.06. The first kappa shape index (κ1) is 10.2. The molecule has 64 valence electrons. The minimum absolute atomic E-state index is 0.0553. The van der Waals surface area contributed by atoms with Gasteiger partial charge in [-0.3, -0.25) is 4.79 Å². The van der Waals surface area contributed by atoms with Crippen molar-refractivity contribution in [3.63, 3.8) is 0 Å². The summed E-state index contributed by atoms with van der Waals surface area (Å²) < 4.78 is 0. The van der Waals surface area contributed by atoms with Crippen molar-refractivity contribution in [2.45, 2.75) is 26.8 Å². The van der Waals surface area contributed by atoms with Gasteiger partial charge in [0.15, 0.2) is 5.78 Å². The SMILES string of the molecule is CC(=O)C=C(C)NCC(C)N. The van der Waals surface area contributed by atoms with E-state index in [1.807, 2.05) is 13.8 Å². The lowest BCUT2D eigenvalue weighted by Crippen LogP contribution is -2.30. The van der Waals surface area contributed by atoms with E-state index in [9.17, 15) is 4.79 Å². The van der Waals surface area contributed by atoms with Crippen molar-refractivity contribution in [2.75, 3.05) is 6.54 Å². The van der Waals surface area contributed by atoms with Crippen LogP contribution in [0.1, 0.15) is 20.8 Å². The van der Waals surface area contributed by atoms with Gasteiger partial charge in [0.1, 0.15) is 0 Å². The van der Waals surface area contributed by atoms with Crippen LogP contribution in [-0.4, -0.2) is 18.4 Å². The summed E-state index contributed by atoms with van der Waals surface area (Å²) >= 11 is 0. The monoisotopic (exact) mass is 156 g/mol. The normalized spacial score (nSPS) is 14.4. The molecule has 0 saturated carbocycles. The predicted octanol–water partition coefficient (Wildman–Crippen LogP) is 0.416. The van der Waals surface area contributed by atoms with Crippen LogP contribution < -0.4 is 11.1 Å². The summed E-state index contributed by atoms with van der Waals surface area (Å²) in [6, 6.07) is 0.116. The van der Waals surface area contributed by atoms with Gasteiger partial charge in [0.05, 0.1) is 0 Å². The van der Waals surface area contributed by atoms with Crippen molar-refractivity contribution in [2.24, 2.45) is 5.73 Å². The second-order valence-electron chi connectivity index (χ2n) is 2.80. The van der Waals surface area contributed by atoms with Gasteiger partial charge < -0.3 is 11.1 Å². The predicted molar refractivity (Wildman–Crippen MR) is 46.1 cm³/mol. The Morgan fingerprint density at radius 2 is 2.18 bits per heavy atom. The fraction of sp³-hybridized carbons (Fsp3) is 0.625. The van der Waals surface area contributed by atoms with Crippen molar-refractivity contribution in [1.29, 1.82) is 0 Å². The van der Waals surface area contributed by atoms with Crippen molar-refractivity contribution in [3.8, 4) is 0 Å². The Morgan fingerprint density at radius 1 is 1.64 bits per heavy atom. The zero-order valence-electron chi connectivity index (χ0n) is 7.35. The number of hydrogen-bond acceptors (Lipinski definition) is 3. The fourth-order valence-electron chi connectivity index (χ4n) is 0.678. The van der Waals surface area contributed by atoms with Crippen molar-refractivity contribution in [1.82, 2.24) is 5.32 Å². The van der Waals surface area contributed by atoms with E-state index in [4.69, 9.17) is 5.73 Å². The van der Waals surface area contributed by atoms with Gasteiger partial charge in [0, 0.05) is 18.3 Å². The first-order valence-corrected chi connectivity index (χ1v) is 3.70. The molecule has 0 aromatic rings. The molecule has 0 bridgehead atoms. The largest absolute Gasteiger partial charge is 0.387 e. The molecule has 0 aliphatic heterocycles. The molecule has 0 aliphatic rings. The molecular weight excluding hydrogens is 140 g/mol. The first-order valence-electron chi connectivity index (χ1n) is 3.70. The van der Waals surface area contributed by atoms with E-state index in [0.29, 0.717) is 6.54 Å². The second-order valence-corrected chi connectivity index (χ2v) is 2.80. The van der Waals surface area contributed by atoms with E-state index in [2.05, 4.69) is 5.32 Å². The Kier molecular flexibility index (Phi) is 4.54. The zero-order valence-corrected chi connectivity index (χ0v) is 7.35. The molecule has 0 heterocycles. The van der Waals surface area contributed by atoms with Gasteiger partial charge in [-0.05, 0) is 26.8 Å². The summed E-state index contributed by atoms with van der Waals surface area (Å²) in [5.41, 5.74) is 6.37. The van der Waals surface area contributed by atoms with E-state index in [1.165, 1.54) is 6.92 Å². The number of ketones is 1. The molecule has 3 nitrogen and oxygen atoms in total. The third-order valence-electron chi connectivity index (χ3n) is 1.12. The molecule has 0 aromatic heterocycles. The highest BCUT2D eigenvalue weighted by Gasteiger charge is 1.93. The average Bonchev–Trinajstić information content (AvgIpc) is 1.82. The van der Waals surface area contributed by atoms with Gasteiger partial charge in [0.25, 0.3) is 0 Å². The van der Waals surface area contributed by atoms with E-state index in [1.54, 1.807) is 6.08 Å². The van der Waals surface area contributed by atoms with Gasteiger partial charge in [-0.2, -0.15) is 0 Å². The van der Waals surface area contributed by atoms with Gasteiger partial charge in [-0.15, -0.1) is 0 Å². The van der Waals surface area contributed by atoms with Crippen molar-refractivity contribution in [3.05, 3.63) is 11.8 Å². The number of allylic oxidation sites excluding steroid dienone is 2. The fourth-order valence-corrected chi connectivity index (χ4v) is 0.678. The van der Waals surface area contributed by atoms with E-state index in [0.717, 1.165) is 5.70 Å². The maximum atomic E-state index is 10.6. The minimum atomic E-state index is 0.0553. The van der Waals surface area contributed by atoms with Crippen LogP contribution in [0.2, 0.25) is 0 Å². The summed E-state index contributed by atoms with van der Waals surface area (Å²) in [6.45, 7) is 5.99. The highest BCUT2D eigenvalue weighted by molar-refractivity contribution is 5.87. The lowest BCUT2D eigenvalue weighted by molar-refractivity contribution is -0.112. The average molecular weight is 156 g/mol. The summed E-state index contributed by atoms with van der Waals surface area (Å²) in [7, 11) is 0. The maximum absolute atomic E-state index is 10.6. The molecule has 3 N–H and O–H groups in total. The first-order chi connectivity index (χ1) is 5.02. The Bertz CT molecular complexity index is 161. The molecule has 0 spiro atoms. The van der Waals surface area contributed by atoms with Gasteiger partial charge in [-0.25, -0.2) is 0 Å². The van der Waals surface area contributed by atoms with Crippen molar-refractivity contribution < 1.29 is 4.79 Å². The smallest absolute Gasteiger partial charge is 0.154 e. The van der Waals surface area contributed by atoms with Crippen LogP contribution in [0.15, 0.2) is 11.8 Å². The molecule has 1 atom stereocenters.